The van der Waals surface area contributed by atoms with E-state index >= 15 is 0 Å². The lowest BCUT2D eigenvalue weighted by Gasteiger charge is -2.34. The Morgan fingerprint density at radius 1 is 1.16 bits per heavy atom. The highest BCUT2D eigenvalue weighted by Gasteiger charge is 2.32. The molecule has 0 spiro atoms. The second-order valence-electron chi connectivity index (χ2n) is 7.23. The zero-order valence-corrected chi connectivity index (χ0v) is 15.7. The Morgan fingerprint density at radius 3 is 2.48 bits per heavy atom. The Balaban J connectivity index is 1.53. The first kappa shape index (κ1) is 18.4. The van der Waals surface area contributed by atoms with Crippen LogP contribution < -0.4 is 4.90 Å². The summed E-state index contributed by atoms with van der Waals surface area (Å²) in [6.07, 6.45) is 2.29. The summed E-state index contributed by atoms with van der Waals surface area (Å²) in [5, 5.41) is 0. The van der Waals surface area contributed by atoms with Crippen molar-refractivity contribution >= 4 is 15.9 Å². The quantitative estimate of drug-likeness (QED) is 0.805. The molecule has 1 aromatic carbocycles. The van der Waals surface area contributed by atoms with Gasteiger partial charge in [-0.1, -0.05) is 25.1 Å². The monoisotopic (exact) mass is 366 g/mol. The molecule has 1 aromatic rings. The number of piperidine rings is 1. The standard InChI is InChI=1S/C18H27N3O3S/c1-16-6-5-9-20(14-16)18(22)15-19-10-12-21(13-11-19)25(23,24)17-7-3-2-4-8-17/h2-4,7-8,16H,5-6,9-15H2,1H3/p+1/t16-/m0/s1. The fourth-order valence-corrected chi connectivity index (χ4v) is 5.17. The second-order valence-corrected chi connectivity index (χ2v) is 9.17. The molecular weight excluding hydrogens is 338 g/mol. The number of quaternary nitrogens is 1. The highest BCUT2D eigenvalue weighted by molar-refractivity contribution is 7.89. The van der Waals surface area contributed by atoms with Gasteiger partial charge in [-0.15, -0.1) is 0 Å². The number of benzene rings is 1. The van der Waals surface area contributed by atoms with Crippen molar-refractivity contribution in [2.45, 2.75) is 24.7 Å². The molecule has 2 saturated heterocycles. The van der Waals surface area contributed by atoms with Crippen LogP contribution in [0.1, 0.15) is 19.8 Å². The number of carbonyl (C=O) groups is 1. The summed E-state index contributed by atoms with van der Waals surface area (Å²) in [5.41, 5.74) is 0. The number of hydrogen-bond donors (Lipinski definition) is 1. The third-order valence-electron chi connectivity index (χ3n) is 5.22. The Bertz CT molecular complexity index is 685. The van der Waals surface area contributed by atoms with E-state index in [9.17, 15) is 13.2 Å². The van der Waals surface area contributed by atoms with Crippen molar-refractivity contribution in [2.75, 3.05) is 45.8 Å². The number of piperazine rings is 1. The van der Waals surface area contributed by atoms with E-state index in [0.717, 1.165) is 19.5 Å². The van der Waals surface area contributed by atoms with Crippen LogP contribution in [0.2, 0.25) is 0 Å². The predicted molar refractivity (Wildman–Crippen MR) is 95.7 cm³/mol. The molecule has 2 fully saturated rings. The largest absolute Gasteiger partial charge is 0.338 e. The average molecular weight is 367 g/mol. The lowest BCUT2D eigenvalue weighted by Crippen LogP contribution is -3.15. The molecule has 2 aliphatic heterocycles. The highest BCUT2D eigenvalue weighted by atomic mass is 32.2. The van der Waals surface area contributed by atoms with Crippen molar-refractivity contribution in [2.24, 2.45) is 5.92 Å². The van der Waals surface area contributed by atoms with Gasteiger partial charge in [-0.2, -0.15) is 4.31 Å². The van der Waals surface area contributed by atoms with Crippen molar-refractivity contribution in [3.05, 3.63) is 30.3 Å². The Kier molecular flexibility index (Phi) is 5.76. The van der Waals surface area contributed by atoms with Gasteiger partial charge < -0.3 is 9.80 Å². The molecule has 7 heteroatoms. The zero-order chi connectivity index (χ0) is 17.9. The third kappa shape index (κ3) is 4.40. The van der Waals surface area contributed by atoms with Gasteiger partial charge in [-0.05, 0) is 30.9 Å². The highest BCUT2D eigenvalue weighted by Crippen LogP contribution is 2.16. The summed E-state index contributed by atoms with van der Waals surface area (Å²) in [7, 11) is -3.42. The number of nitrogens with zero attached hydrogens (tertiary/aromatic N) is 2. The molecule has 0 bridgehead atoms. The minimum Gasteiger partial charge on any atom is -0.338 e. The number of likely N-dealkylation sites (tertiary alicyclic amines) is 1. The summed E-state index contributed by atoms with van der Waals surface area (Å²) < 4.78 is 26.8. The molecule has 0 aromatic heterocycles. The van der Waals surface area contributed by atoms with Gasteiger partial charge in [0.1, 0.15) is 0 Å². The molecule has 2 heterocycles. The molecule has 0 saturated carbocycles. The van der Waals surface area contributed by atoms with E-state index in [1.54, 1.807) is 28.6 Å². The molecule has 25 heavy (non-hydrogen) atoms. The molecule has 1 atom stereocenters. The van der Waals surface area contributed by atoms with Gasteiger partial charge in [0.05, 0.1) is 31.1 Å². The summed E-state index contributed by atoms with van der Waals surface area (Å²) in [5.74, 6) is 0.793. The molecular formula is C18H28N3O3S+. The van der Waals surface area contributed by atoms with Crippen molar-refractivity contribution in [1.82, 2.24) is 9.21 Å². The van der Waals surface area contributed by atoms with Crippen molar-refractivity contribution in [1.29, 1.82) is 0 Å². The molecule has 138 valence electrons. The summed E-state index contributed by atoms with van der Waals surface area (Å²) in [6.45, 7) is 6.70. The molecule has 3 rings (SSSR count). The van der Waals surface area contributed by atoms with Crippen molar-refractivity contribution < 1.29 is 18.1 Å². The maximum Gasteiger partial charge on any atom is 0.277 e. The molecule has 0 aliphatic carbocycles. The number of hydrogen-bond acceptors (Lipinski definition) is 3. The smallest absolute Gasteiger partial charge is 0.277 e. The van der Waals surface area contributed by atoms with E-state index in [1.165, 1.54) is 11.3 Å². The molecule has 2 aliphatic rings. The fraction of sp³-hybridized carbons (Fsp3) is 0.611. The fourth-order valence-electron chi connectivity index (χ4n) is 3.70. The van der Waals surface area contributed by atoms with Gasteiger partial charge >= 0.3 is 0 Å². The normalized spacial score (nSPS) is 23.6. The van der Waals surface area contributed by atoms with Gasteiger partial charge in [-0.3, -0.25) is 4.79 Å². The predicted octanol–water partition coefficient (Wildman–Crippen LogP) is -0.166. The number of amides is 1. The topological polar surface area (TPSA) is 62.1 Å². The average Bonchev–Trinajstić information content (AvgIpc) is 2.63. The Morgan fingerprint density at radius 2 is 1.84 bits per heavy atom. The van der Waals surface area contributed by atoms with Crippen LogP contribution in [-0.4, -0.2) is 69.3 Å². The van der Waals surface area contributed by atoms with Crippen LogP contribution in [0, 0.1) is 5.92 Å². The molecule has 0 radical (unpaired) electrons. The lowest BCUT2D eigenvalue weighted by atomic mass is 10.0. The maximum absolute atomic E-state index is 12.6. The Hall–Kier alpha value is -1.44. The minimum absolute atomic E-state index is 0.209. The van der Waals surface area contributed by atoms with Gasteiger partial charge in [0.15, 0.2) is 6.54 Å². The third-order valence-corrected chi connectivity index (χ3v) is 7.13. The van der Waals surface area contributed by atoms with E-state index < -0.39 is 10.0 Å². The van der Waals surface area contributed by atoms with E-state index in [-0.39, 0.29) is 5.91 Å². The van der Waals surface area contributed by atoms with Gasteiger partial charge in [0.25, 0.3) is 5.91 Å². The van der Waals surface area contributed by atoms with E-state index in [2.05, 4.69) is 6.92 Å². The van der Waals surface area contributed by atoms with E-state index in [0.29, 0.717) is 43.5 Å². The number of rotatable bonds is 4. The van der Waals surface area contributed by atoms with E-state index in [4.69, 9.17) is 0 Å². The molecule has 0 unspecified atom stereocenters. The number of sulfonamides is 1. The molecule has 1 N–H and O–H groups in total. The number of nitrogens with one attached hydrogen (secondary N) is 1. The summed E-state index contributed by atoms with van der Waals surface area (Å²) in [4.78, 5) is 16.0. The van der Waals surface area contributed by atoms with Crippen LogP contribution in [0.4, 0.5) is 0 Å². The SMILES string of the molecule is C[C@H]1CCCN(C(=O)C[NH+]2CCN(S(=O)(=O)c3ccccc3)CC2)C1. The first-order chi connectivity index (χ1) is 12.0. The lowest BCUT2D eigenvalue weighted by molar-refractivity contribution is -0.896. The van der Waals surface area contributed by atoms with Crippen molar-refractivity contribution in [3.63, 3.8) is 0 Å². The van der Waals surface area contributed by atoms with Crippen LogP contribution >= 0.6 is 0 Å². The van der Waals surface area contributed by atoms with Crippen LogP contribution in [-0.2, 0) is 14.8 Å². The zero-order valence-electron chi connectivity index (χ0n) is 14.9. The van der Waals surface area contributed by atoms with Crippen LogP contribution in [0.5, 0.6) is 0 Å². The first-order valence-electron chi connectivity index (χ1n) is 9.13. The maximum atomic E-state index is 12.6. The molecule has 6 nitrogen and oxygen atoms in total. The minimum atomic E-state index is -3.42. The van der Waals surface area contributed by atoms with Crippen LogP contribution in [0.25, 0.3) is 0 Å². The number of carbonyl (C=O) groups excluding carboxylic acids is 1. The molecule has 1 amide bonds. The summed E-state index contributed by atoms with van der Waals surface area (Å²) >= 11 is 0. The van der Waals surface area contributed by atoms with Crippen LogP contribution in [0.15, 0.2) is 35.2 Å². The van der Waals surface area contributed by atoms with Crippen molar-refractivity contribution in [3.8, 4) is 0 Å². The van der Waals surface area contributed by atoms with Crippen LogP contribution in [0.3, 0.4) is 0 Å². The summed E-state index contributed by atoms with van der Waals surface area (Å²) in [6, 6.07) is 8.57. The van der Waals surface area contributed by atoms with E-state index in [1.807, 2.05) is 11.0 Å². The van der Waals surface area contributed by atoms with Gasteiger partial charge in [0, 0.05) is 13.1 Å². The van der Waals surface area contributed by atoms with Gasteiger partial charge in [-0.25, -0.2) is 8.42 Å². The Labute approximate surface area is 150 Å². The van der Waals surface area contributed by atoms with Gasteiger partial charge in [0.2, 0.25) is 10.0 Å². The first-order valence-corrected chi connectivity index (χ1v) is 10.6. The second kappa shape index (κ2) is 7.85.